The number of imidazole rings is 1. The molecule has 2 aromatic heterocycles. The van der Waals surface area contributed by atoms with Gasteiger partial charge in [0.05, 0.1) is 18.9 Å². The Morgan fingerprint density at radius 1 is 1.40 bits per heavy atom. The van der Waals surface area contributed by atoms with Crippen molar-refractivity contribution < 1.29 is 23.0 Å². The summed E-state index contributed by atoms with van der Waals surface area (Å²) in [5.41, 5.74) is 0.788. The summed E-state index contributed by atoms with van der Waals surface area (Å²) in [5.74, 6) is 0.209. The van der Waals surface area contributed by atoms with Crippen LogP contribution in [0.5, 0.6) is 0 Å². The second-order valence-corrected chi connectivity index (χ2v) is 6.47. The maximum absolute atomic E-state index is 12.3. The van der Waals surface area contributed by atoms with Gasteiger partial charge in [-0.2, -0.15) is 13.2 Å². The van der Waals surface area contributed by atoms with Crippen LogP contribution >= 0.6 is 11.8 Å². The van der Waals surface area contributed by atoms with Crippen LogP contribution in [0.4, 0.5) is 19.0 Å². The van der Waals surface area contributed by atoms with Gasteiger partial charge < -0.3 is 15.2 Å². The molecule has 0 bridgehead atoms. The van der Waals surface area contributed by atoms with Crippen molar-refractivity contribution in [1.82, 2.24) is 19.5 Å². The molecule has 0 radical (unpaired) electrons. The zero-order valence-electron chi connectivity index (χ0n) is 14.0. The number of alkyl halides is 3. The van der Waals surface area contributed by atoms with Gasteiger partial charge in [-0.3, -0.25) is 4.57 Å². The van der Waals surface area contributed by atoms with Crippen molar-refractivity contribution in [3.8, 4) is 0 Å². The van der Waals surface area contributed by atoms with Crippen LogP contribution in [0.15, 0.2) is 11.5 Å². The number of nitrogens with one attached hydrogen (secondary N) is 1. The lowest BCUT2D eigenvalue weighted by molar-refractivity contribution is -0.129. The van der Waals surface area contributed by atoms with E-state index in [1.165, 1.54) is 10.9 Å². The van der Waals surface area contributed by atoms with Crippen LogP contribution in [0.25, 0.3) is 11.2 Å². The number of rotatable bonds is 8. The standard InChI is InChI=1S/C14H20F3N5O2S/c1-8(24-3)6-9(23)22-7-19-10-11(18-2)20-13(21-12(10)22)25-5-4-14(15,16)17/h7-9,23H,4-6H2,1-3H3,(H,18,20,21)/t8?,9-/m1/s1. The molecule has 0 aliphatic rings. The largest absolute Gasteiger partial charge is 0.389 e. The highest BCUT2D eigenvalue weighted by molar-refractivity contribution is 7.99. The van der Waals surface area contributed by atoms with Gasteiger partial charge in [-0.15, -0.1) is 0 Å². The molecule has 25 heavy (non-hydrogen) atoms. The van der Waals surface area contributed by atoms with Crippen molar-refractivity contribution in [3.05, 3.63) is 6.33 Å². The van der Waals surface area contributed by atoms with Gasteiger partial charge in [0.2, 0.25) is 0 Å². The van der Waals surface area contributed by atoms with Gasteiger partial charge in [-0.25, -0.2) is 15.0 Å². The molecule has 2 heterocycles. The highest BCUT2D eigenvalue weighted by atomic mass is 32.2. The van der Waals surface area contributed by atoms with Crippen molar-refractivity contribution in [3.63, 3.8) is 0 Å². The Hall–Kier alpha value is -1.59. The highest BCUT2D eigenvalue weighted by Gasteiger charge is 2.27. The van der Waals surface area contributed by atoms with Crippen LogP contribution in [0.3, 0.4) is 0 Å². The minimum atomic E-state index is -4.23. The van der Waals surface area contributed by atoms with Gasteiger partial charge in [-0.1, -0.05) is 11.8 Å². The van der Waals surface area contributed by atoms with E-state index >= 15 is 0 Å². The molecular formula is C14H20F3N5O2S. The van der Waals surface area contributed by atoms with Crippen molar-refractivity contribution in [2.45, 2.75) is 43.4 Å². The molecule has 140 valence electrons. The third kappa shape index (κ3) is 5.19. The van der Waals surface area contributed by atoms with E-state index in [1.54, 1.807) is 14.2 Å². The number of aliphatic hydroxyl groups is 1. The van der Waals surface area contributed by atoms with Crippen LogP contribution in [0.1, 0.15) is 26.0 Å². The molecule has 0 aromatic carbocycles. The molecule has 1 unspecified atom stereocenters. The van der Waals surface area contributed by atoms with E-state index < -0.39 is 18.8 Å². The number of thioether (sulfide) groups is 1. The second-order valence-electron chi connectivity index (χ2n) is 5.41. The first-order valence-corrected chi connectivity index (χ1v) is 8.56. The van der Waals surface area contributed by atoms with Gasteiger partial charge in [-0.05, 0) is 6.92 Å². The number of hydrogen-bond acceptors (Lipinski definition) is 7. The SMILES string of the molecule is CNc1nc(SCCC(F)(F)F)nc2c1ncn2[C@H](O)CC(C)OC. The lowest BCUT2D eigenvalue weighted by Gasteiger charge is -2.17. The van der Waals surface area contributed by atoms with Crippen molar-refractivity contribution >= 4 is 28.7 Å². The summed E-state index contributed by atoms with van der Waals surface area (Å²) in [6.45, 7) is 1.81. The molecule has 2 rings (SSSR count). The van der Waals surface area contributed by atoms with Crippen LogP contribution < -0.4 is 5.32 Å². The van der Waals surface area contributed by atoms with E-state index in [1.807, 2.05) is 6.92 Å². The molecule has 0 fully saturated rings. The number of fused-ring (bicyclic) bond motifs is 1. The number of halogens is 3. The van der Waals surface area contributed by atoms with Crippen LogP contribution in [0, 0.1) is 0 Å². The lowest BCUT2D eigenvalue weighted by atomic mass is 10.2. The summed E-state index contributed by atoms with van der Waals surface area (Å²) < 4.78 is 43.5. The van der Waals surface area contributed by atoms with Gasteiger partial charge in [0.1, 0.15) is 6.23 Å². The second kappa shape index (κ2) is 8.19. The van der Waals surface area contributed by atoms with Gasteiger partial charge >= 0.3 is 6.18 Å². The Labute approximate surface area is 147 Å². The number of aliphatic hydroxyl groups excluding tert-OH is 1. The Balaban J connectivity index is 2.28. The highest BCUT2D eigenvalue weighted by Crippen LogP contribution is 2.28. The number of hydrogen-bond donors (Lipinski definition) is 2. The van der Waals surface area contributed by atoms with Gasteiger partial charge in [0, 0.05) is 26.3 Å². The number of anilines is 1. The monoisotopic (exact) mass is 379 g/mol. The average molecular weight is 379 g/mol. The summed E-state index contributed by atoms with van der Waals surface area (Å²) in [7, 11) is 3.18. The van der Waals surface area contributed by atoms with E-state index in [0.717, 1.165) is 11.8 Å². The molecule has 0 amide bonds. The normalized spacial score (nSPS) is 14.7. The Kier molecular flexibility index (Phi) is 6.47. The molecule has 0 saturated heterocycles. The van der Waals surface area contributed by atoms with Crippen molar-refractivity contribution in [1.29, 1.82) is 0 Å². The fourth-order valence-electron chi connectivity index (χ4n) is 2.12. The van der Waals surface area contributed by atoms with Crippen LogP contribution in [0.2, 0.25) is 0 Å². The molecular weight excluding hydrogens is 359 g/mol. The zero-order chi connectivity index (χ0) is 18.6. The van der Waals surface area contributed by atoms with Crippen LogP contribution in [-0.4, -0.2) is 56.8 Å². The molecule has 2 N–H and O–H groups in total. The Morgan fingerprint density at radius 2 is 2.12 bits per heavy atom. The van der Waals surface area contributed by atoms with Crippen molar-refractivity contribution in [2.24, 2.45) is 0 Å². The van der Waals surface area contributed by atoms with E-state index in [-0.39, 0.29) is 17.0 Å². The first kappa shape index (κ1) is 19.7. The first-order chi connectivity index (χ1) is 11.7. The quantitative estimate of drug-likeness (QED) is 0.539. The smallest absolute Gasteiger partial charge is 0.382 e. The summed E-state index contributed by atoms with van der Waals surface area (Å²) in [4.78, 5) is 12.6. The topological polar surface area (TPSA) is 85.1 Å². The van der Waals surface area contributed by atoms with Gasteiger partial charge in [0.15, 0.2) is 22.1 Å². The predicted molar refractivity (Wildman–Crippen MR) is 88.6 cm³/mol. The fraction of sp³-hybridized carbons (Fsp3) is 0.643. The van der Waals surface area contributed by atoms with Crippen LogP contribution in [-0.2, 0) is 4.74 Å². The maximum Gasteiger partial charge on any atom is 0.389 e. The Morgan fingerprint density at radius 3 is 2.72 bits per heavy atom. The van der Waals surface area contributed by atoms with E-state index in [0.29, 0.717) is 23.4 Å². The summed E-state index contributed by atoms with van der Waals surface area (Å²) in [6.07, 6.45) is -4.51. The van der Waals surface area contributed by atoms with E-state index in [2.05, 4.69) is 20.3 Å². The van der Waals surface area contributed by atoms with Gasteiger partial charge in [0.25, 0.3) is 0 Å². The number of methoxy groups -OCH3 is 1. The minimum Gasteiger partial charge on any atom is -0.382 e. The molecule has 0 aliphatic carbocycles. The van der Waals surface area contributed by atoms with E-state index in [9.17, 15) is 18.3 Å². The third-order valence-electron chi connectivity index (χ3n) is 3.52. The number of aromatic nitrogens is 4. The molecule has 7 nitrogen and oxygen atoms in total. The Bertz CT molecular complexity index is 710. The molecule has 2 atom stereocenters. The third-order valence-corrected chi connectivity index (χ3v) is 4.37. The molecule has 0 spiro atoms. The molecule has 0 saturated carbocycles. The summed E-state index contributed by atoms with van der Waals surface area (Å²) >= 11 is 0.904. The summed E-state index contributed by atoms with van der Waals surface area (Å²) in [5, 5.41) is 13.4. The fourth-order valence-corrected chi connectivity index (χ4v) is 2.94. The molecule has 2 aromatic rings. The van der Waals surface area contributed by atoms with Crippen molar-refractivity contribution in [2.75, 3.05) is 25.2 Å². The summed E-state index contributed by atoms with van der Waals surface area (Å²) in [6, 6.07) is 0. The minimum absolute atomic E-state index is 0.182. The number of nitrogens with zero attached hydrogens (tertiary/aromatic N) is 4. The predicted octanol–water partition coefficient (Wildman–Crippen LogP) is 2.83. The maximum atomic E-state index is 12.3. The first-order valence-electron chi connectivity index (χ1n) is 7.58. The molecule has 0 aliphatic heterocycles. The number of ether oxygens (including phenoxy) is 1. The lowest BCUT2D eigenvalue weighted by Crippen LogP contribution is -2.16. The zero-order valence-corrected chi connectivity index (χ0v) is 14.9. The van der Waals surface area contributed by atoms with E-state index in [4.69, 9.17) is 4.74 Å². The molecule has 11 heteroatoms. The average Bonchev–Trinajstić information content (AvgIpc) is 2.96.